The van der Waals surface area contributed by atoms with Crippen molar-refractivity contribution in [1.29, 1.82) is 0 Å². The Labute approximate surface area is 224 Å². The summed E-state index contributed by atoms with van der Waals surface area (Å²) in [6.45, 7) is 3.43. The first-order valence-corrected chi connectivity index (χ1v) is 13.2. The van der Waals surface area contributed by atoms with Gasteiger partial charge in [-0.25, -0.2) is 0 Å². The second-order valence-electron chi connectivity index (χ2n) is 9.26. The number of aliphatic hydroxyl groups excluding tert-OH is 1. The molecule has 4 rings (SSSR count). The number of unbranched alkanes of at least 4 members (excludes halogenated alkanes) is 2. The molecule has 7 heteroatoms. The summed E-state index contributed by atoms with van der Waals surface area (Å²) >= 11 is 0. The van der Waals surface area contributed by atoms with Crippen LogP contribution in [0.2, 0.25) is 0 Å². The van der Waals surface area contributed by atoms with Gasteiger partial charge >= 0.3 is 0 Å². The van der Waals surface area contributed by atoms with Crippen LogP contribution in [0, 0.1) is 6.92 Å². The van der Waals surface area contributed by atoms with Crippen molar-refractivity contribution >= 4 is 17.3 Å². The summed E-state index contributed by atoms with van der Waals surface area (Å²) in [5.74, 6) is -0.148. The molecule has 0 unspecified atom stereocenters. The predicted octanol–water partition coefficient (Wildman–Crippen LogP) is 6.80. The third-order valence-corrected chi connectivity index (χ3v) is 6.38. The van der Waals surface area contributed by atoms with Gasteiger partial charge in [-0.15, -0.1) is 0 Å². The summed E-state index contributed by atoms with van der Waals surface area (Å²) in [5, 5.41) is 25.4. The summed E-state index contributed by atoms with van der Waals surface area (Å²) in [7, 11) is 0. The number of amides is 1. The maximum Gasteiger partial charge on any atom is 0.272 e. The van der Waals surface area contributed by atoms with Gasteiger partial charge in [0.25, 0.3) is 5.91 Å². The molecule has 0 spiro atoms. The Morgan fingerprint density at radius 2 is 1.50 bits per heavy atom. The molecule has 0 fully saturated rings. The topological polar surface area (TPSA) is 91.9 Å². The van der Waals surface area contributed by atoms with Crippen LogP contribution >= 0.6 is 0 Å². The quantitative estimate of drug-likeness (QED) is 0.153. The highest BCUT2D eigenvalue weighted by Gasteiger charge is 2.20. The normalized spacial score (nSPS) is 11.2. The van der Waals surface area contributed by atoms with Crippen molar-refractivity contribution in [2.45, 2.75) is 45.6 Å². The van der Waals surface area contributed by atoms with E-state index in [1.165, 1.54) is 5.56 Å². The third kappa shape index (κ3) is 7.46. The van der Waals surface area contributed by atoms with Crippen molar-refractivity contribution in [3.63, 3.8) is 0 Å². The second kappa shape index (κ2) is 14.0. The van der Waals surface area contributed by atoms with Gasteiger partial charge < -0.3 is 10.4 Å². The molecule has 0 atom stereocenters. The van der Waals surface area contributed by atoms with Crippen molar-refractivity contribution in [1.82, 2.24) is 15.1 Å². The third-order valence-electron chi connectivity index (χ3n) is 6.38. The molecule has 196 valence electrons. The van der Waals surface area contributed by atoms with Gasteiger partial charge in [-0.3, -0.25) is 9.48 Å². The standard InChI is InChI=1S/C31H35N5O2/c1-24-29(35-36(22-9-4-10-23-37)30(24)26-13-5-2-6-14-26)31(38)32-21-11-12-25-17-19-28(20-18-25)34-33-27-15-7-3-8-16-27/h2-3,5-8,13-20,37H,4,9-12,21-23H2,1H3,(H,32,38). The smallest absolute Gasteiger partial charge is 0.272 e. The molecular formula is C31H35N5O2. The minimum absolute atomic E-state index is 0.148. The number of aliphatic hydroxyl groups is 1. The Bertz CT molecular complexity index is 1320. The molecule has 2 N–H and O–H groups in total. The van der Waals surface area contributed by atoms with E-state index >= 15 is 0 Å². The summed E-state index contributed by atoms with van der Waals surface area (Å²) in [4.78, 5) is 13.0. The number of carbonyl (C=O) groups is 1. The van der Waals surface area contributed by atoms with Crippen molar-refractivity contribution in [3.05, 3.63) is 102 Å². The van der Waals surface area contributed by atoms with Crippen molar-refractivity contribution in [2.24, 2.45) is 10.2 Å². The molecule has 7 nitrogen and oxygen atoms in total. The number of nitrogens with one attached hydrogen (secondary N) is 1. The Kier molecular flexibility index (Phi) is 9.93. The molecule has 0 aliphatic carbocycles. The van der Waals surface area contributed by atoms with E-state index in [2.05, 4.69) is 27.7 Å². The fourth-order valence-electron chi connectivity index (χ4n) is 4.36. The highest BCUT2D eigenvalue weighted by molar-refractivity contribution is 5.95. The largest absolute Gasteiger partial charge is 0.396 e. The van der Waals surface area contributed by atoms with E-state index in [0.29, 0.717) is 18.8 Å². The van der Waals surface area contributed by atoms with E-state index in [1.807, 2.05) is 84.4 Å². The number of hydrogen-bond acceptors (Lipinski definition) is 5. The van der Waals surface area contributed by atoms with Crippen LogP contribution in [0.3, 0.4) is 0 Å². The summed E-state index contributed by atoms with van der Waals surface area (Å²) in [5.41, 5.74) is 6.20. The number of nitrogens with zero attached hydrogens (tertiary/aromatic N) is 4. The number of hydrogen-bond donors (Lipinski definition) is 2. The number of rotatable bonds is 13. The average Bonchev–Trinajstić information content (AvgIpc) is 3.29. The highest BCUT2D eigenvalue weighted by Crippen LogP contribution is 2.26. The van der Waals surface area contributed by atoms with Gasteiger partial charge in [0.15, 0.2) is 5.69 Å². The number of azo groups is 1. The lowest BCUT2D eigenvalue weighted by molar-refractivity contribution is 0.0946. The Morgan fingerprint density at radius 1 is 0.842 bits per heavy atom. The van der Waals surface area contributed by atoms with E-state index in [9.17, 15) is 4.79 Å². The van der Waals surface area contributed by atoms with E-state index in [0.717, 1.165) is 60.3 Å². The molecule has 0 aliphatic rings. The summed E-state index contributed by atoms with van der Waals surface area (Å²) in [6.07, 6.45) is 4.26. The second-order valence-corrected chi connectivity index (χ2v) is 9.26. The van der Waals surface area contributed by atoms with Gasteiger partial charge in [-0.2, -0.15) is 15.3 Å². The molecule has 0 radical (unpaired) electrons. The molecule has 1 heterocycles. The lowest BCUT2D eigenvalue weighted by atomic mass is 10.1. The van der Waals surface area contributed by atoms with Crippen molar-refractivity contribution in [2.75, 3.05) is 13.2 Å². The number of aromatic nitrogens is 2. The Balaban J connectivity index is 1.32. The van der Waals surface area contributed by atoms with Gasteiger partial charge in [-0.1, -0.05) is 60.7 Å². The Morgan fingerprint density at radius 3 is 2.18 bits per heavy atom. The first-order valence-electron chi connectivity index (χ1n) is 13.2. The van der Waals surface area contributed by atoms with Gasteiger partial charge in [-0.05, 0) is 68.9 Å². The number of benzene rings is 3. The zero-order valence-electron chi connectivity index (χ0n) is 21.9. The van der Waals surface area contributed by atoms with Crippen LogP contribution in [0.1, 0.15) is 47.3 Å². The van der Waals surface area contributed by atoms with Crippen LogP contribution in [-0.2, 0) is 13.0 Å². The molecule has 38 heavy (non-hydrogen) atoms. The predicted molar refractivity (Wildman–Crippen MR) is 151 cm³/mol. The van der Waals surface area contributed by atoms with Gasteiger partial charge in [0.05, 0.1) is 17.1 Å². The zero-order valence-corrected chi connectivity index (χ0v) is 21.9. The maximum absolute atomic E-state index is 13.0. The van der Waals surface area contributed by atoms with Crippen molar-refractivity contribution in [3.8, 4) is 11.3 Å². The minimum atomic E-state index is -0.148. The number of aryl methyl sites for hydroxylation is 2. The van der Waals surface area contributed by atoms with E-state index < -0.39 is 0 Å². The van der Waals surface area contributed by atoms with Gasteiger partial charge in [0, 0.05) is 30.8 Å². The van der Waals surface area contributed by atoms with Crippen LogP contribution in [0.5, 0.6) is 0 Å². The molecule has 4 aromatic rings. The summed E-state index contributed by atoms with van der Waals surface area (Å²) < 4.78 is 1.94. The minimum Gasteiger partial charge on any atom is -0.396 e. The van der Waals surface area contributed by atoms with E-state index in [-0.39, 0.29) is 12.5 Å². The molecular weight excluding hydrogens is 474 g/mol. The fraction of sp³-hybridized carbons (Fsp3) is 0.290. The monoisotopic (exact) mass is 509 g/mol. The number of carbonyl (C=O) groups excluding carboxylic acids is 1. The average molecular weight is 510 g/mol. The molecule has 3 aromatic carbocycles. The first-order chi connectivity index (χ1) is 18.7. The lowest BCUT2D eigenvalue weighted by Crippen LogP contribution is -2.26. The van der Waals surface area contributed by atoms with Gasteiger partial charge in [0.1, 0.15) is 0 Å². The van der Waals surface area contributed by atoms with E-state index in [1.54, 1.807) is 0 Å². The van der Waals surface area contributed by atoms with E-state index in [4.69, 9.17) is 10.2 Å². The molecule has 0 saturated carbocycles. The maximum atomic E-state index is 13.0. The van der Waals surface area contributed by atoms with Crippen LogP contribution in [-0.4, -0.2) is 33.9 Å². The first kappa shape index (κ1) is 26.9. The summed E-state index contributed by atoms with van der Waals surface area (Å²) in [6, 6.07) is 27.8. The van der Waals surface area contributed by atoms with Crippen LogP contribution in [0.25, 0.3) is 11.3 Å². The zero-order chi connectivity index (χ0) is 26.6. The molecule has 1 amide bonds. The van der Waals surface area contributed by atoms with Crippen LogP contribution in [0.15, 0.2) is 95.2 Å². The fourth-order valence-corrected chi connectivity index (χ4v) is 4.36. The Hall–Kier alpha value is -4.10. The van der Waals surface area contributed by atoms with Gasteiger partial charge in [0.2, 0.25) is 0 Å². The van der Waals surface area contributed by atoms with Crippen LogP contribution in [0.4, 0.5) is 11.4 Å². The molecule has 0 bridgehead atoms. The van der Waals surface area contributed by atoms with Crippen molar-refractivity contribution < 1.29 is 9.90 Å². The highest BCUT2D eigenvalue weighted by atomic mass is 16.2. The SMILES string of the molecule is Cc1c(C(=O)NCCCc2ccc(N=Nc3ccccc3)cc2)nn(CCCCCO)c1-c1ccccc1. The molecule has 0 aliphatic heterocycles. The molecule has 0 saturated heterocycles. The lowest BCUT2D eigenvalue weighted by Gasteiger charge is -2.08. The van der Waals surface area contributed by atoms with Crippen LogP contribution < -0.4 is 5.32 Å². The molecule has 1 aromatic heterocycles.